The molecular weight excluding hydrogens is 280 g/mol. The van der Waals surface area contributed by atoms with Gasteiger partial charge in [0.2, 0.25) is 0 Å². The second-order valence-electron chi connectivity index (χ2n) is 5.62. The number of likely N-dealkylation sites (tertiary alicyclic amines) is 1. The number of hydrogen-bond donors (Lipinski definition) is 0. The second-order valence-corrected chi connectivity index (χ2v) is 5.62. The molecule has 3 rings (SSSR count). The second kappa shape index (κ2) is 6.17. The lowest BCUT2D eigenvalue weighted by atomic mass is 9.96. The van der Waals surface area contributed by atoms with Gasteiger partial charge in [0, 0.05) is 31.6 Å². The van der Waals surface area contributed by atoms with Gasteiger partial charge in [-0.2, -0.15) is 0 Å². The predicted molar refractivity (Wildman–Crippen MR) is 81.9 cm³/mol. The number of benzene rings is 1. The Morgan fingerprint density at radius 2 is 2.27 bits per heavy atom. The third kappa shape index (κ3) is 2.81. The Labute approximate surface area is 129 Å². The van der Waals surface area contributed by atoms with E-state index >= 15 is 0 Å². The minimum atomic E-state index is 0.0470. The van der Waals surface area contributed by atoms with Crippen molar-refractivity contribution in [3.63, 3.8) is 0 Å². The SMILES string of the molecule is COc1cccc(C(=O)N2CCCC(c3nncn3C)C2)c1. The molecule has 1 aromatic carbocycles. The topological polar surface area (TPSA) is 60.2 Å². The van der Waals surface area contributed by atoms with Gasteiger partial charge in [-0.1, -0.05) is 6.07 Å². The molecule has 1 unspecified atom stereocenters. The Kier molecular flexibility index (Phi) is 4.09. The van der Waals surface area contributed by atoms with Gasteiger partial charge < -0.3 is 14.2 Å². The number of aryl methyl sites for hydroxylation is 1. The van der Waals surface area contributed by atoms with Crippen molar-refractivity contribution in [3.05, 3.63) is 42.0 Å². The highest BCUT2D eigenvalue weighted by Crippen LogP contribution is 2.26. The molecule has 6 heteroatoms. The summed E-state index contributed by atoms with van der Waals surface area (Å²) < 4.78 is 7.13. The van der Waals surface area contributed by atoms with E-state index in [4.69, 9.17) is 4.74 Å². The number of amides is 1. The van der Waals surface area contributed by atoms with Gasteiger partial charge >= 0.3 is 0 Å². The van der Waals surface area contributed by atoms with Gasteiger partial charge in [0.15, 0.2) is 0 Å². The first-order chi connectivity index (χ1) is 10.7. The highest BCUT2D eigenvalue weighted by atomic mass is 16.5. The van der Waals surface area contributed by atoms with Crippen LogP contribution in [0.4, 0.5) is 0 Å². The highest BCUT2D eigenvalue weighted by Gasteiger charge is 2.28. The number of carbonyl (C=O) groups is 1. The van der Waals surface area contributed by atoms with Gasteiger partial charge in [-0.3, -0.25) is 4.79 Å². The van der Waals surface area contributed by atoms with E-state index in [2.05, 4.69) is 10.2 Å². The van der Waals surface area contributed by atoms with Crippen molar-refractivity contribution in [2.75, 3.05) is 20.2 Å². The zero-order valence-corrected chi connectivity index (χ0v) is 12.9. The summed E-state index contributed by atoms with van der Waals surface area (Å²) in [6.45, 7) is 1.47. The van der Waals surface area contributed by atoms with Crippen LogP contribution >= 0.6 is 0 Å². The molecule has 2 heterocycles. The summed E-state index contributed by atoms with van der Waals surface area (Å²) in [6.07, 6.45) is 3.72. The maximum Gasteiger partial charge on any atom is 0.254 e. The summed E-state index contributed by atoms with van der Waals surface area (Å²) in [5.74, 6) is 1.94. The molecule has 0 saturated carbocycles. The fraction of sp³-hybridized carbons (Fsp3) is 0.438. The van der Waals surface area contributed by atoms with Crippen LogP contribution in [0.5, 0.6) is 5.75 Å². The molecule has 1 aliphatic rings. The van der Waals surface area contributed by atoms with Crippen LogP contribution in [-0.4, -0.2) is 45.8 Å². The lowest BCUT2D eigenvalue weighted by Crippen LogP contribution is -2.39. The standard InChI is InChI=1S/C16H20N4O2/c1-19-11-17-18-15(19)13-6-4-8-20(10-13)16(21)12-5-3-7-14(9-12)22-2/h3,5,7,9,11,13H,4,6,8,10H2,1-2H3. The number of methoxy groups -OCH3 is 1. The van der Waals surface area contributed by atoms with Crippen molar-refractivity contribution in [3.8, 4) is 5.75 Å². The summed E-state index contributed by atoms with van der Waals surface area (Å²) in [7, 11) is 3.55. The molecule has 0 N–H and O–H groups in total. The summed E-state index contributed by atoms with van der Waals surface area (Å²) in [5, 5.41) is 8.13. The van der Waals surface area contributed by atoms with Gasteiger partial charge in [-0.25, -0.2) is 0 Å². The van der Waals surface area contributed by atoms with E-state index in [0.29, 0.717) is 17.9 Å². The lowest BCUT2D eigenvalue weighted by Gasteiger charge is -2.32. The van der Waals surface area contributed by atoms with E-state index in [1.165, 1.54) is 0 Å². The maximum atomic E-state index is 12.7. The number of piperidine rings is 1. The Bertz CT molecular complexity index is 668. The summed E-state index contributed by atoms with van der Waals surface area (Å²) >= 11 is 0. The molecule has 0 radical (unpaired) electrons. The van der Waals surface area contributed by atoms with Crippen LogP contribution < -0.4 is 4.74 Å². The van der Waals surface area contributed by atoms with Crippen LogP contribution in [0, 0.1) is 0 Å². The van der Waals surface area contributed by atoms with Crippen LogP contribution in [0.1, 0.15) is 34.9 Å². The van der Waals surface area contributed by atoms with Crippen molar-refractivity contribution in [2.24, 2.45) is 7.05 Å². The number of ether oxygens (including phenoxy) is 1. The van der Waals surface area contributed by atoms with Gasteiger partial charge in [-0.05, 0) is 31.0 Å². The zero-order chi connectivity index (χ0) is 15.5. The minimum Gasteiger partial charge on any atom is -0.497 e. The van der Waals surface area contributed by atoms with E-state index in [1.54, 1.807) is 19.5 Å². The van der Waals surface area contributed by atoms with Gasteiger partial charge in [-0.15, -0.1) is 10.2 Å². The third-order valence-corrected chi connectivity index (χ3v) is 4.14. The first-order valence-electron chi connectivity index (χ1n) is 7.46. The average Bonchev–Trinajstić information content (AvgIpc) is 3.00. The number of aromatic nitrogens is 3. The number of hydrogen-bond acceptors (Lipinski definition) is 4. The summed E-state index contributed by atoms with van der Waals surface area (Å²) in [5.41, 5.74) is 0.665. The minimum absolute atomic E-state index is 0.0470. The van der Waals surface area contributed by atoms with Crippen molar-refractivity contribution in [2.45, 2.75) is 18.8 Å². The molecule has 0 spiro atoms. The van der Waals surface area contributed by atoms with Crippen LogP contribution in [0.25, 0.3) is 0 Å². The van der Waals surface area contributed by atoms with Crippen LogP contribution in [0.2, 0.25) is 0 Å². The Hall–Kier alpha value is -2.37. The Balaban J connectivity index is 1.76. The van der Waals surface area contributed by atoms with Crippen molar-refractivity contribution < 1.29 is 9.53 Å². The fourth-order valence-corrected chi connectivity index (χ4v) is 2.97. The lowest BCUT2D eigenvalue weighted by molar-refractivity contribution is 0.0703. The van der Waals surface area contributed by atoms with Crippen LogP contribution in [0.3, 0.4) is 0 Å². The maximum absolute atomic E-state index is 12.7. The molecule has 1 fully saturated rings. The van der Waals surface area contributed by atoms with Crippen molar-refractivity contribution in [1.29, 1.82) is 0 Å². The molecule has 1 saturated heterocycles. The van der Waals surface area contributed by atoms with Gasteiger partial charge in [0.05, 0.1) is 7.11 Å². The fourth-order valence-electron chi connectivity index (χ4n) is 2.97. The molecule has 1 atom stereocenters. The number of nitrogens with zero attached hydrogens (tertiary/aromatic N) is 4. The first-order valence-corrected chi connectivity index (χ1v) is 7.46. The molecule has 1 aliphatic heterocycles. The monoisotopic (exact) mass is 300 g/mol. The van der Waals surface area contributed by atoms with Gasteiger partial charge in [0.25, 0.3) is 5.91 Å². The normalized spacial score (nSPS) is 18.3. The molecular formula is C16H20N4O2. The summed E-state index contributed by atoms with van der Waals surface area (Å²) in [4.78, 5) is 14.6. The zero-order valence-electron chi connectivity index (χ0n) is 12.9. The smallest absolute Gasteiger partial charge is 0.254 e. The molecule has 116 valence electrons. The van der Waals surface area contributed by atoms with Crippen molar-refractivity contribution >= 4 is 5.91 Å². The highest BCUT2D eigenvalue weighted by molar-refractivity contribution is 5.94. The van der Waals surface area contributed by atoms with E-state index in [9.17, 15) is 4.79 Å². The largest absolute Gasteiger partial charge is 0.497 e. The predicted octanol–water partition coefficient (Wildman–Crippen LogP) is 1.84. The first kappa shape index (κ1) is 14.6. The quantitative estimate of drug-likeness (QED) is 0.868. The number of carbonyl (C=O) groups excluding carboxylic acids is 1. The Morgan fingerprint density at radius 3 is 3.00 bits per heavy atom. The van der Waals surface area contributed by atoms with E-state index < -0.39 is 0 Å². The summed E-state index contributed by atoms with van der Waals surface area (Å²) in [6, 6.07) is 7.30. The molecule has 1 amide bonds. The molecule has 1 aromatic heterocycles. The third-order valence-electron chi connectivity index (χ3n) is 4.14. The Morgan fingerprint density at radius 1 is 1.41 bits per heavy atom. The number of rotatable bonds is 3. The molecule has 2 aromatic rings. The molecule has 0 bridgehead atoms. The molecule has 0 aliphatic carbocycles. The van der Waals surface area contributed by atoms with Crippen LogP contribution in [0.15, 0.2) is 30.6 Å². The molecule has 22 heavy (non-hydrogen) atoms. The van der Waals surface area contributed by atoms with E-state index in [1.807, 2.05) is 34.7 Å². The van der Waals surface area contributed by atoms with Gasteiger partial charge in [0.1, 0.15) is 17.9 Å². The van der Waals surface area contributed by atoms with E-state index in [0.717, 1.165) is 25.2 Å². The van der Waals surface area contributed by atoms with Crippen molar-refractivity contribution in [1.82, 2.24) is 19.7 Å². The average molecular weight is 300 g/mol. The van der Waals surface area contributed by atoms with Crippen LogP contribution in [-0.2, 0) is 7.05 Å². The molecule has 6 nitrogen and oxygen atoms in total. The van der Waals surface area contributed by atoms with E-state index in [-0.39, 0.29) is 11.8 Å².